The molecule has 0 unspecified atom stereocenters. The van der Waals surface area contributed by atoms with E-state index in [-0.39, 0.29) is 16.8 Å². The van der Waals surface area contributed by atoms with Crippen molar-refractivity contribution >= 4 is 22.5 Å². The molecule has 0 spiro atoms. The van der Waals surface area contributed by atoms with Crippen LogP contribution in [0.3, 0.4) is 0 Å². The molecule has 1 N–H and O–H groups in total. The van der Waals surface area contributed by atoms with Crippen LogP contribution in [0.25, 0.3) is 10.9 Å². The summed E-state index contributed by atoms with van der Waals surface area (Å²) in [6.45, 7) is 0. The summed E-state index contributed by atoms with van der Waals surface area (Å²) in [7, 11) is 1.63. The third-order valence-electron chi connectivity index (χ3n) is 3.51. The maximum atomic E-state index is 12.4. The molecule has 2 aromatic heterocycles. The van der Waals surface area contributed by atoms with Crippen LogP contribution in [-0.4, -0.2) is 15.5 Å². The normalized spacial score (nSPS) is 10.3. The lowest BCUT2D eigenvalue weighted by Gasteiger charge is -2.09. The van der Waals surface area contributed by atoms with Crippen LogP contribution >= 0.6 is 0 Å². The molecule has 23 heavy (non-hydrogen) atoms. The highest BCUT2D eigenvalue weighted by molar-refractivity contribution is 6.05. The summed E-state index contributed by atoms with van der Waals surface area (Å²) in [6.07, 6.45) is 1.38. The molecule has 0 fully saturated rings. The number of anilines is 1. The zero-order valence-electron chi connectivity index (χ0n) is 12.3. The highest BCUT2D eigenvalue weighted by Crippen LogP contribution is 2.14. The minimum Gasteiger partial charge on any atom is -0.320 e. The molecule has 0 saturated carbocycles. The number of carbonyl (C=O) groups excluding carboxylic acids is 1. The molecule has 112 valence electrons. The highest BCUT2D eigenvalue weighted by Gasteiger charge is 2.14. The second kappa shape index (κ2) is 5.73. The molecule has 0 aliphatic rings. The van der Waals surface area contributed by atoms with Gasteiger partial charge < -0.3 is 9.88 Å². The van der Waals surface area contributed by atoms with E-state index in [1.165, 1.54) is 16.8 Å². The summed E-state index contributed by atoms with van der Waals surface area (Å²) in [5, 5.41) is 12.1. The van der Waals surface area contributed by atoms with Crippen LogP contribution < -0.4 is 10.9 Å². The predicted molar refractivity (Wildman–Crippen MR) is 86.1 cm³/mol. The maximum Gasteiger partial charge on any atom is 0.263 e. The van der Waals surface area contributed by atoms with Crippen molar-refractivity contribution in [3.63, 3.8) is 0 Å². The number of nitriles is 1. The summed E-state index contributed by atoms with van der Waals surface area (Å²) in [6, 6.07) is 13.9. The van der Waals surface area contributed by atoms with Crippen LogP contribution in [0.1, 0.15) is 16.1 Å². The Bertz CT molecular complexity index is 998. The van der Waals surface area contributed by atoms with Gasteiger partial charge in [-0.15, -0.1) is 0 Å². The fourth-order valence-corrected chi connectivity index (χ4v) is 2.32. The third-order valence-corrected chi connectivity index (χ3v) is 3.51. The van der Waals surface area contributed by atoms with Gasteiger partial charge in [-0.05, 0) is 29.7 Å². The lowest BCUT2D eigenvalue weighted by molar-refractivity contribution is 0.102. The molecule has 0 saturated heterocycles. The maximum absolute atomic E-state index is 12.4. The Morgan fingerprint density at radius 2 is 2.04 bits per heavy atom. The Labute approximate surface area is 131 Å². The van der Waals surface area contributed by atoms with Crippen LogP contribution in [0.2, 0.25) is 0 Å². The van der Waals surface area contributed by atoms with Crippen LogP contribution in [0, 0.1) is 11.3 Å². The van der Waals surface area contributed by atoms with Crippen molar-refractivity contribution in [1.82, 2.24) is 9.55 Å². The van der Waals surface area contributed by atoms with Gasteiger partial charge in [0.05, 0.1) is 17.4 Å². The first kappa shape index (κ1) is 14.5. The van der Waals surface area contributed by atoms with E-state index in [4.69, 9.17) is 5.26 Å². The van der Waals surface area contributed by atoms with Crippen molar-refractivity contribution in [3.8, 4) is 6.07 Å². The first-order valence-electron chi connectivity index (χ1n) is 6.86. The summed E-state index contributed by atoms with van der Waals surface area (Å²) in [5.41, 5.74) is 1.11. The van der Waals surface area contributed by atoms with Gasteiger partial charge in [-0.1, -0.05) is 18.2 Å². The molecular formula is C17H12N4O2. The Balaban J connectivity index is 1.99. The van der Waals surface area contributed by atoms with E-state index >= 15 is 0 Å². The topological polar surface area (TPSA) is 87.8 Å². The van der Waals surface area contributed by atoms with E-state index in [1.807, 2.05) is 30.3 Å². The first-order chi connectivity index (χ1) is 11.1. The highest BCUT2D eigenvalue weighted by atomic mass is 16.2. The summed E-state index contributed by atoms with van der Waals surface area (Å²) >= 11 is 0. The summed E-state index contributed by atoms with van der Waals surface area (Å²) in [5.74, 6) is -0.511. The largest absolute Gasteiger partial charge is 0.320 e. The van der Waals surface area contributed by atoms with Gasteiger partial charge in [0.15, 0.2) is 0 Å². The van der Waals surface area contributed by atoms with Crippen molar-refractivity contribution < 1.29 is 4.79 Å². The molecule has 1 amide bonds. The number of amides is 1. The SMILES string of the molecule is Cn1c(=O)c(C(=O)Nc2ccc(C#N)nc2)cc2ccccc21. The molecule has 6 heteroatoms. The fraction of sp³-hybridized carbons (Fsp3) is 0.0588. The number of aryl methyl sites for hydroxylation is 1. The lowest BCUT2D eigenvalue weighted by atomic mass is 10.1. The zero-order valence-corrected chi connectivity index (χ0v) is 12.3. The van der Waals surface area contributed by atoms with E-state index in [2.05, 4.69) is 10.3 Å². The average Bonchev–Trinajstić information content (AvgIpc) is 2.58. The molecule has 3 aromatic rings. The molecule has 2 heterocycles. The number of fused-ring (bicyclic) bond motifs is 1. The number of nitrogens with one attached hydrogen (secondary N) is 1. The van der Waals surface area contributed by atoms with E-state index < -0.39 is 5.91 Å². The lowest BCUT2D eigenvalue weighted by Crippen LogP contribution is -2.27. The van der Waals surface area contributed by atoms with Crippen molar-refractivity contribution in [1.29, 1.82) is 5.26 Å². The van der Waals surface area contributed by atoms with E-state index in [0.29, 0.717) is 5.69 Å². The van der Waals surface area contributed by atoms with Crippen molar-refractivity contribution in [2.45, 2.75) is 0 Å². The minimum absolute atomic E-state index is 0.0514. The van der Waals surface area contributed by atoms with Gasteiger partial charge in [0.1, 0.15) is 17.3 Å². The van der Waals surface area contributed by atoms with Crippen LogP contribution in [0.15, 0.2) is 53.5 Å². The third kappa shape index (κ3) is 2.68. The number of rotatable bonds is 2. The van der Waals surface area contributed by atoms with Crippen molar-refractivity contribution in [2.75, 3.05) is 5.32 Å². The molecule has 0 aliphatic carbocycles. The quantitative estimate of drug-likeness (QED) is 0.785. The van der Waals surface area contributed by atoms with Crippen LogP contribution in [0.4, 0.5) is 5.69 Å². The molecule has 0 aliphatic heterocycles. The van der Waals surface area contributed by atoms with Crippen LogP contribution in [0.5, 0.6) is 0 Å². The predicted octanol–water partition coefficient (Wildman–Crippen LogP) is 2.06. The molecule has 0 radical (unpaired) electrons. The molecule has 0 atom stereocenters. The van der Waals surface area contributed by atoms with E-state index in [1.54, 1.807) is 19.2 Å². The van der Waals surface area contributed by atoms with Gasteiger partial charge in [-0.3, -0.25) is 9.59 Å². The van der Waals surface area contributed by atoms with Crippen molar-refractivity contribution in [3.05, 3.63) is 70.3 Å². The average molecular weight is 304 g/mol. The monoisotopic (exact) mass is 304 g/mol. The standard InChI is InChI=1S/C17H12N4O2/c1-21-15-5-3-2-4-11(15)8-14(17(21)23)16(22)20-13-7-6-12(9-18)19-10-13/h2-8,10H,1H3,(H,20,22). The molecule has 6 nitrogen and oxygen atoms in total. The van der Waals surface area contributed by atoms with Gasteiger partial charge >= 0.3 is 0 Å². The number of carbonyl (C=O) groups is 1. The Kier molecular flexibility index (Phi) is 3.61. The van der Waals surface area contributed by atoms with Gasteiger partial charge in [0.2, 0.25) is 0 Å². The molecule has 0 bridgehead atoms. The minimum atomic E-state index is -0.511. The van der Waals surface area contributed by atoms with Gasteiger partial charge in [0, 0.05) is 7.05 Å². The van der Waals surface area contributed by atoms with E-state index in [0.717, 1.165) is 10.9 Å². The Morgan fingerprint density at radius 3 is 2.74 bits per heavy atom. The first-order valence-corrected chi connectivity index (χ1v) is 6.86. The number of pyridine rings is 2. The second-order valence-corrected chi connectivity index (χ2v) is 4.98. The number of aromatic nitrogens is 2. The van der Waals surface area contributed by atoms with Gasteiger partial charge in [0.25, 0.3) is 11.5 Å². The number of hydrogen-bond acceptors (Lipinski definition) is 4. The van der Waals surface area contributed by atoms with Gasteiger partial charge in [-0.2, -0.15) is 5.26 Å². The smallest absolute Gasteiger partial charge is 0.263 e. The number of para-hydroxylation sites is 1. The second-order valence-electron chi connectivity index (χ2n) is 4.98. The number of nitrogens with zero attached hydrogens (tertiary/aromatic N) is 3. The zero-order chi connectivity index (χ0) is 16.4. The number of hydrogen-bond donors (Lipinski definition) is 1. The Morgan fingerprint density at radius 1 is 1.26 bits per heavy atom. The van der Waals surface area contributed by atoms with Crippen molar-refractivity contribution in [2.24, 2.45) is 7.05 Å². The summed E-state index contributed by atoms with van der Waals surface area (Å²) < 4.78 is 1.45. The van der Waals surface area contributed by atoms with Gasteiger partial charge in [-0.25, -0.2) is 4.98 Å². The van der Waals surface area contributed by atoms with Crippen LogP contribution in [-0.2, 0) is 7.05 Å². The Hall–Kier alpha value is -3.46. The fourth-order valence-electron chi connectivity index (χ4n) is 2.32. The molecular weight excluding hydrogens is 292 g/mol. The molecule has 1 aromatic carbocycles. The molecule has 3 rings (SSSR count). The summed E-state index contributed by atoms with van der Waals surface area (Å²) in [4.78, 5) is 28.6. The van der Waals surface area contributed by atoms with E-state index in [9.17, 15) is 9.59 Å². The number of benzene rings is 1.